The van der Waals surface area contributed by atoms with Crippen molar-refractivity contribution >= 4 is 28.9 Å². The minimum atomic E-state index is -1.52. The summed E-state index contributed by atoms with van der Waals surface area (Å²) in [6, 6.07) is 9.46. The zero-order chi connectivity index (χ0) is 19.8. The molecule has 0 spiro atoms. The maximum absolute atomic E-state index is 12.8. The van der Waals surface area contributed by atoms with Gasteiger partial charge in [-0.2, -0.15) is 0 Å². The Morgan fingerprint density at radius 3 is 2.82 bits per heavy atom. The molecule has 1 atom stereocenters. The summed E-state index contributed by atoms with van der Waals surface area (Å²) in [4.78, 5) is 42.5. The monoisotopic (exact) mass is 397 g/mol. The molecule has 4 N–H and O–H groups in total. The van der Waals surface area contributed by atoms with Gasteiger partial charge >= 0.3 is 5.97 Å². The van der Waals surface area contributed by atoms with Crippen LogP contribution < -0.4 is 10.9 Å². The number of H-pyrrole nitrogens is 1. The Morgan fingerprint density at radius 2 is 2.04 bits per heavy atom. The molecule has 0 bridgehead atoms. The van der Waals surface area contributed by atoms with Gasteiger partial charge in [-0.3, -0.25) is 9.59 Å². The van der Waals surface area contributed by atoms with Crippen molar-refractivity contribution in [2.24, 2.45) is 0 Å². The van der Waals surface area contributed by atoms with Gasteiger partial charge in [-0.15, -0.1) is 11.3 Å². The van der Waals surface area contributed by atoms with Crippen LogP contribution in [-0.4, -0.2) is 32.1 Å². The highest BCUT2D eigenvalue weighted by atomic mass is 32.1. The zero-order valence-corrected chi connectivity index (χ0v) is 15.2. The summed E-state index contributed by atoms with van der Waals surface area (Å²) >= 11 is 1.19. The lowest BCUT2D eigenvalue weighted by atomic mass is 10.0. The molecule has 2 aromatic heterocycles. The minimum Gasteiger partial charge on any atom is -0.501 e. The molecule has 28 heavy (non-hydrogen) atoms. The van der Waals surface area contributed by atoms with Crippen molar-refractivity contribution in [3.05, 3.63) is 62.9 Å². The molecule has 0 saturated carbocycles. The molecule has 0 radical (unpaired) electrons. The van der Waals surface area contributed by atoms with Gasteiger partial charge in [-0.1, -0.05) is 24.3 Å². The number of aromatic hydroxyl groups is 1. The number of hydrogen-bond donors (Lipinski definition) is 4. The van der Waals surface area contributed by atoms with Gasteiger partial charge in [0.25, 0.3) is 5.56 Å². The molecule has 3 aromatic rings. The standard InChI is InChI=1S/C19H15N3O5S/c23-14-13(19(26)27)21-16(22-18(14)25)15-12(7-8-28-15)20-17(24)11-6-5-9-3-1-2-4-10(9)11/h1-4,7-8,11,23H,5-6H2,(H,20,24)(H,26,27)(H,21,22,25). The second kappa shape index (κ2) is 6.93. The summed E-state index contributed by atoms with van der Waals surface area (Å²) < 4.78 is 0. The lowest BCUT2D eigenvalue weighted by Crippen LogP contribution is -2.20. The van der Waals surface area contributed by atoms with Crippen LogP contribution in [-0.2, 0) is 11.2 Å². The van der Waals surface area contributed by atoms with Crippen LogP contribution in [0.5, 0.6) is 5.75 Å². The number of hydrogen-bond acceptors (Lipinski definition) is 6. The molecule has 1 unspecified atom stereocenters. The van der Waals surface area contributed by atoms with E-state index in [0.29, 0.717) is 17.0 Å². The van der Waals surface area contributed by atoms with E-state index in [-0.39, 0.29) is 17.6 Å². The summed E-state index contributed by atoms with van der Waals surface area (Å²) in [5.74, 6) is -2.96. The smallest absolute Gasteiger partial charge is 0.358 e. The van der Waals surface area contributed by atoms with Crippen LogP contribution in [0.3, 0.4) is 0 Å². The first-order valence-electron chi connectivity index (χ1n) is 8.49. The summed E-state index contributed by atoms with van der Waals surface area (Å²) in [6.45, 7) is 0. The molecular weight excluding hydrogens is 382 g/mol. The van der Waals surface area contributed by atoms with Crippen LogP contribution in [0.1, 0.15) is 34.0 Å². The fourth-order valence-electron chi connectivity index (χ4n) is 3.36. The van der Waals surface area contributed by atoms with Crippen molar-refractivity contribution < 1.29 is 19.8 Å². The van der Waals surface area contributed by atoms with E-state index in [1.54, 1.807) is 11.4 Å². The minimum absolute atomic E-state index is 0.0303. The van der Waals surface area contributed by atoms with E-state index < -0.39 is 23.0 Å². The number of carbonyl (C=O) groups excluding carboxylic acids is 1. The summed E-state index contributed by atoms with van der Waals surface area (Å²) in [5.41, 5.74) is 0.876. The number of carboxylic acid groups (broad SMARTS) is 1. The highest BCUT2D eigenvalue weighted by Crippen LogP contribution is 2.36. The van der Waals surface area contributed by atoms with E-state index in [4.69, 9.17) is 5.11 Å². The summed E-state index contributed by atoms with van der Waals surface area (Å²) in [7, 11) is 0. The molecular formula is C19H15N3O5S. The number of anilines is 1. The highest BCUT2D eigenvalue weighted by molar-refractivity contribution is 7.14. The molecule has 1 aliphatic carbocycles. The molecule has 1 aromatic carbocycles. The molecule has 4 rings (SSSR count). The first kappa shape index (κ1) is 17.9. The van der Waals surface area contributed by atoms with Crippen LogP contribution in [0, 0.1) is 0 Å². The number of aromatic amines is 1. The molecule has 142 valence electrons. The van der Waals surface area contributed by atoms with Gasteiger partial charge in [-0.25, -0.2) is 9.78 Å². The van der Waals surface area contributed by atoms with E-state index in [0.717, 1.165) is 17.5 Å². The Labute approximate surface area is 162 Å². The molecule has 2 heterocycles. The first-order valence-corrected chi connectivity index (χ1v) is 9.36. The lowest BCUT2D eigenvalue weighted by Gasteiger charge is -2.13. The highest BCUT2D eigenvalue weighted by Gasteiger charge is 2.29. The maximum Gasteiger partial charge on any atom is 0.358 e. The third kappa shape index (κ3) is 3.05. The van der Waals surface area contributed by atoms with Gasteiger partial charge in [0, 0.05) is 0 Å². The van der Waals surface area contributed by atoms with Crippen molar-refractivity contribution in [2.75, 3.05) is 5.32 Å². The number of benzene rings is 1. The Morgan fingerprint density at radius 1 is 1.25 bits per heavy atom. The predicted molar refractivity (Wildman–Crippen MR) is 103 cm³/mol. The number of carboxylic acids is 1. The fraction of sp³-hybridized carbons (Fsp3) is 0.158. The number of carbonyl (C=O) groups is 2. The van der Waals surface area contributed by atoms with Crippen LogP contribution in [0.15, 0.2) is 40.5 Å². The molecule has 0 fully saturated rings. The second-order valence-corrected chi connectivity index (χ2v) is 7.28. The molecule has 0 saturated heterocycles. The lowest BCUT2D eigenvalue weighted by molar-refractivity contribution is -0.117. The molecule has 1 aliphatic rings. The Bertz CT molecular complexity index is 1150. The summed E-state index contributed by atoms with van der Waals surface area (Å²) in [6.07, 6.45) is 1.54. The SMILES string of the molecule is O=C(O)c1nc(-c2sccc2NC(=O)C2CCc3ccccc32)[nH]c(=O)c1O. The fourth-order valence-corrected chi connectivity index (χ4v) is 4.16. The number of aromatic carboxylic acids is 1. The Hall–Kier alpha value is -3.46. The van der Waals surface area contributed by atoms with Gasteiger partial charge in [-0.05, 0) is 35.4 Å². The van der Waals surface area contributed by atoms with Gasteiger partial charge in [0.1, 0.15) is 0 Å². The van der Waals surface area contributed by atoms with Crippen molar-refractivity contribution in [3.63, 3.8) is 0 Å². The molecule has 1 amide bonds. The van der Waals surface area contributed by atoms with Gasteiger partial charge < -0.3 is 20.5 Å². The van der Waals surface area contributed by atoms with Crippen molar-refractivity contribution in [2.45, 2.75) is 18.8 Å². The first-order chi connectivity index (χ1) is 13.5. The average molecular weight is 397 g/mol. The quantitative estimate of drug-likeness (QED) is 0.535. The normalized spacial score (nSPS) is 15.2. The third-order valence-electron chi connectivity index (χ3n) is 4.69. The van der Waals surface area contributed by atoms with Gasteiger partial charge in [0.2, 0.25) is 11.7 Å². The number of thiophene rings is 1. The molecule has 8 nitrogen and oxygen atoms in total. The Balaban J connectivity index is 1.65. The van der Waals surface area contributed by atoms with E-state index >= 15 is 0 Å². The van der Waals surface area contributed by atoms with Crippen molar-refractivity contribution in [1.29, 1.82) is 0 Å². The maximum atomic E-state index is 12.8. The molecule has 9 heteroatoms. The van der Waals surface area contributed by atoms with Gasteiger partial charge in [0.15, 0.2) is 11.5 Å². The zero-order valence-electron chi connectivity index (χ0n) is 14.4. The molecule has 0 aliphatic heterocycles. The van der Waals surface area contributed by atoms with Crippen LogP contribution in [0.25, 0.3) is 10.7 Å². The number of fused-ring (bicyclic) bond motifs is 1. The van der Waals surface area contributed by atoms with Crippen molar-refractivity contribution in [3.8, 4) is 16.5 Å². The van der Waals surface area contributed by atoms with E-state index in [9.17, 15) is 19.5 Å². The third-order valence-corrected chi connectivity index (χ3v) is 5.61. The number of aromatic nitrogens is 2. The van der Waals surface area contributed by atoms with Crippen molar-refractivity contribution in [1.82, 2.24) is 9.97 Å². The summed E-state index contributed by atoms with van der Waals surface area (Å²) in [5, 5.41) is 23.3. The Kier molecular flexibility index (Phi) is 4.44. The largest absolute Gasteiger partial charge is 0.501 e. The number of nitrogens with one attached hydrogen (secondary N) is 2. The number of rotatable bonds is 4. The van der Waals surface area contributed by atoms with E-state index in [1.807, 2.05) is 24.3 Å². The second-order valence-electron chi connectivity index (χ2n) is 6.36. The van der Waals surface area contributed by atoms with Crippen LogP contribution in [0.2, 0.25) is 0 Å². The van der Waals surface area contributed by atoms with Gasteiger partial charge in [0.05, 0.1) is 16.5 Å². The number of amides is 1. The average Bonchev–Trinajstić information content (AvgIpc) is 3.30. The topological polar surface area (TPSA) is 132 Å². The van der Waals surface area contributed by atoms with Crippen LogP contribution in [0.4, 0.5) is 5.69 Å². The van der Waals surface area contributed by atoms with E-state index in [2.05, 4.69) is 15.3 Å². The van der Waals surface area contributed by atoms with Crippen LogP contribution >= 0.6 is 11.3 Å². The predicted octanol–water partition coefficient (Wildman–Crippen LogP) is 2.57. The van der Waals surface area contributed by atoms with E-state index in [1.165, 1.54) is 11.3 Å². The number of nitrogens with zero attached hydrogens (tertiary/aromatic N) is 1. The number of aryl methyl sites for hydroxylation is 1.